The quantitative estimate of drug-likeness (QED) is 0.302. The molecule has 1 saturated heterocycles. The highest BCUT2D eigenvalue weighted by Gasteiger charge is 2.35. The average molecular weight is 522 g/mol. The third kappa shape index (κ3) is 6.98. The second kappa shape index (κ2) is 12.7. The number of hydrogen-bond donors (Lipinski definition) is 1. The Labute approximate surface area is 218 Å². The molecule has 0 spiro atoms. The van der Waals surface area contributed by atoms with Crippen molar-refractivity contribution in [2.45, 2.75) is 38.5 Å². The summed E-state index contributed by atoms with van der Waals surface area (Å²) in [6.45, 7) is 2.45. The highest BCUT2D eigenvalue weighted by molar-refractivity contribution is 7.14. The second-order valence-electron chi connectivity index (χ2n) is 8.16. The molecule has 1 unspecified atom stereocenters. The fourth-order valence-corrected chi connectivity index (χ4v) is 4.52. The number of nitrogens with one attached hydrogen (secondary N) is 1. The number of likely N-dealkylation sites (tertiary alicyclic amines) is 1. The first kappa shape index (κ1) is 26.0. The summed E-state index contributed by atoms with van der Waals surface area (Å²) in [5.41, 5.74) is 1.76. The standard InChI is InChI=1S/C26H27N5O5S/c1-2-35-24(33)22(30-29-19-12-7-4-8-13-19)20-17-37-25(27-20)28-23(32)21-14-9-15-31(21)26(34)36-16-18-10-5-3-6-11-18/h3-8,10-13,17,21-22H,2,9,14-16H2,1H3,(H,27,28,32)/t21-,22?/m0/s1. The number of esters is 1. The number of anilines is 1. The van der Waals surface area contributed by atoms with Crippen molar-refractivity contribution < 1.29 is 23.9 Å². The fraction of sp³-hybridized carbons (Fsp3) is 0.308. The first-order chi connectivity index (χ1) is 18.0. The van der Waals surface area contributed by atoms with Crippen molar-refractivity contribution in [1.29, 1.82) is 0 Å². The van der Waals surface area contributed by atoms with Crippen molar-refractivity contribution in [1.82, 2.24) is 9.88 Å². The number of hydrogen-bond acceptors (Lipinski definition) is 9. The first-order valence-electron chi connectivity index (χ1n) is 11.9. The second-order valence-corrected chi connectivity index (χ2v) is 9.02. The number of aromatic nitrogens is 1. The number of nitrogens with zero attached hydrogens (tertiary/aromatic N) is 4. The van der Waals surface area contributed by atoms with Crippen LogP contribution >= 0.6 is 11.3 Å². The summed E-state index contributed by atoms with van der Waals surface area (Å²) in [5.74, 6) is -0.956. The van der Waals surface area contributed by atoms with Gasteiger partial charge in [0, 0.05) is 11.9 Å². The van der Waals surface area contributed by atoms with E-state index in [1.165, 1.54) is 4.90 Å². The van der Waals surface area contributed by atoms with Gasteiger partial charge in [0.05, 0.1) is 18.0 Å². The molecule has 2 heterocycles. The fourth-order valence-electron chi connectivity index (χ4n) is 3.79. The van der Waals surface area contributed by atoms with Gasteiger partial charge >= 0.3 is 12.1 Å². The third-order valence-electron chi connectivity index (χ3n) is 5.58. The van der Waals surface area contributed by atoms with Gasteiger partial charge in [-0.05, 0) is 37.5 Å². The minimum Gasteiger partial charge on any atom is -0.464 e. The molecule has 37 heavy (non-hydrogen) atoms. The third-order valence-corrected chi connectivity index (χ3v) is 6.36. The largest absolute Gasteiger partial charge is 0.464 e. The molecule has 3 aromatic rings. The van der Waals surface area contributed by atoms with Crippen molar-refractivity contribution in [3.8, 4) is 0 Å². The highest BCUT2D eigenvalue weighted by Crippen LogP contribution is 2.27. The molecule has 10 nitrogen and oxygen atoms in total. The van der Waals surface area contributed by atoms with Crippen LogP contribution in [0, 0.1) is 0 Å². The maximum Gasteiger partial charge on any atom is 0.410 e. The van der Waals surface area contributed by atoms with Crippen LogP contribution in [0.4, 0.5) is 15.6 Å². The normalized spacial score (nSPS) is 15.9. The number of benzene rings is 2. The van der Waals surface area contributed by atoms with Gasteiger partial charge in [0.2, 0.25) is 11.9 Å². The van der Waals surface area contributed by atoms with Gasteiger partial charge in [0.15, 0.2) is 5.13 Å². The smallest absolute Gasteiger partial charge is 0.410 e. The summed E-state index contributed by atoms with van der Waals surface area (Å²) in [6.07, 6.45) is 0.665. The van der Waals surface area contributed by atoms with Crippen molar-refractivity contribution in [3.05, 3.63) is 77.3 Å². The Morgan fingerprint density at radius 2 is 1.84 bits per heavy atom. The van der Waals surface area contributed by atoms with Crippen LogP contribution in [0.5, 0.6) is 0 Å². The van der Waals surface area contributed by atoms with Gasteiger partial charge in [-0.25, -0.2) is 14.6 Å². The first-order valence-corrected chi connectivity index (χ1v) is 12.8. The molecule has 0 bridgehead atoms. The number of carbonyl (C=O) groups is 3. The molecule has 0 aliphatic carbocycles. The van der Waals surface area contributed by atoms with Crippen LogP contribution in [0.25, 0.3) is 0 Å². The molecule has 1 fully saturated rings. The van der Waals surface area contributed by atoms with E-state index in [4.69, 9.17) is 9.47 Å². The topological polar surface area (TPSA) is 123 Å². The van der Waals surface area contributed by atoms with E-state index >= 15 is 0 Å². The Morgan fingerprint density at radius 3 is 2.57 bits per heavy atom. The molecule has 2 atom stereocenters. The van der Waals surface area contributed by atoms with Crippen molar-refractivity contribution >= 4 is 40.1 Å². The summed E-state index contributed by atoms with van der Waals surface area (Å²) < 4.78 is 10.6. The Morgan fingerprint density at radius 1 is 1.11 bits per heavy atom. The number of thiazole rings is 1. The molecule has 0 radical (unpaired) electrons. The monoisotopic (exact) mass is 521 g/mol. The lowest BCUT2D eigenvalue weighted by atomic mass is 10.2. The van der Waals surface area contributed by atoms with Crippen molar-refractivity contribution in [2.24, 2.45) is 10.2 Å². The zero-order valence-corrected chi connectivity index (χ0v) is 21.1. The van der Waals surface area contributed by atoms with Crippen molar-refractivity contribution in [2.75, 3.05) is 18.5 Å². The summed E-state index contributed by atoms with van der Waals surface area (Å²) in [7, 11) is 0. The van der Waals surface area contributed by atoms with Crippen LogP contribution in [0.2, 0.25) is 0 Å². The van der Waals surface area contributed by atoms with E-state index in [1.807, 2.05) is 48.5 Å². The zero-order valence-electron chi connectivity index (χ0n) is 20.3. The number of rotatable bonds is 9. The van der Waals surface area contributed by atoms with Crippen LogP contribution in [0.1, 0.15) is 37.1 Å². The minimum atomic E-state index is -1.07. The maximum absolute atomic E-state index is 13.0. The number of azo groups is 1. The van der Waals surface area contributed by atoms with E-state index < -0.39 is 24.1 Å². The molecule has 1 aromatic heterocycles. The van der Waals surface area contributed by atoms with Gasteiger partial charge in [-0.1, -0.05) is 48.5 Å². The van der Waals surface area contributed by atoms with E-state index in [1.54, 1.807) is 24.4 Å². The van der Waals surface area contributed by atoms with Crippen LogP contribution in [0.15, 0.2) is 76.3 Å². The van der Waals surface area contributed by atoms with E-state index in [-0.39, 0.29) is 24.3 Å². The summed E-state index contributed by atoms with van der Waals surface area (Å²) in [6, 6.07) is 16.6. The Kier molecular flexibility index (Phi) is 8.93. The van der Waals surface area contributed by atoms with E-state index in [0.717, 1.165) is 16.9 Å². The minimum absolute atomic E-state index is 0.132. The number of carbonyl (C=O) groups excluding carboxylic acids is 3. The van der Waals surface area contributed by atoms with Gasteiger partial charge in [-0.15, -0.1) is 11.3 Å². The van der Waals surface area contributed by atoms with Crippen LogP contribution in [0.3, 0.4) is 0 Å². The summed E-state index contributed by atoms with van der Waals surface area (Å²) >= 11 is 1.15. The molecule has 1 N–H and O–H groups in total. The van der Waals surface area contributed by atoms with Crippen LogP contribution < -0.4 is 5.32 Å². The molecule has 4 rings (SSSR count). The van der Waals surface area contributed by atoms with Gasteiger partial charge in [0.25, 0.3) is 0 Å². The molecule has 192 valence electrons. The summed E-state index contributed by atoms with van der Waals surface area (Å²) in [5, 5.41) is 12.9. The Balaban J connectivity index is 1.40. The molecule has 1 aliphatic heterocycles. The molecule has 0 saturated carbocycles. The van der Waals surface area contributed by atoms with E-state index in [2.05, 4.69) is 20.5 Å². The lowest BCUT2D eigenvalue weighted by Crippen LogP contribution is -2.43. The van der Waals surface area contributed by atoms with E-state index in [0.29, 0.717) is 30.8 Å². The Bertz CT molecular complexity index is 1230. The molecule has 2 aromatic carbocycles. The number of ether oxygens (including phenoxy) is 2. The van der Waals surface area contributed by atoms with E-state index in [9.17, 15) is 14.4 Å². The van der Waals surface area contributed by atoms with Crippen LogP contribution in [-0.2, 0) is 25.7 Å². The molecule has 2 amide bonds. The van der Waals surface area contributed by atoms with Gasteiger partial charge in [-0.3, -0.25) is 9.69 Å². The van der Waals surface area contributed by atoms with Crippen LogP contribution in [-0.4, -0.2) is 47.0 Å². The highest BCUT2D eigenvalue weighted by atomic mass is 32.1. The SMILES string of the molecule is CCOC(=O)C(N=Nc1ccccc1)c1csc(NC(=O)[C@@H]2CCCN2C(=O)OCc2ccccc2)n1. The van der Waals surface area contributed by atoms with Crippen molar-refractivity contribution in [3.63, 3.8) is 0 Å². The molecule has 1 aliphatic rings. The lowest BCUT2D eigenvalue weighted by Gasteiger charge is -2.22. The number of amides is 2. The van der Waals surface area contributed by atoms with Gasteiger partial charge in [0.1, 0.15) is 12.6 Å². The van der Waals surface area contributed by atoms with Gasteiger partial charge in [-0.2, -0.15) is 10.2 Å². The summed E-state index contributed by atoms with van der Waals surface area (Å²) in [4.78, 5) is 44.0. The molecule has 11 heteroatoms. The predicted octanol–water partition coefficient (Wildman–Crippen LogP) is 5.27. The zero-order chi connectivity index (χ0) is 26.0. The lowest BCUT2D eigenvalue weighted by molar-refractivity contribution is -0.145. The van der Waals surface area contributed by atoms with Gasteiger partial charge < -0.3 is 14.8 Å². The molecular weight excluding hydrogens is 494 g/mol. The predicted molar refractivity (Wildman–Crippen MR) is 137 cm³/mol. The average Bonchev–Trinajstić information content (AvgIpc) is 3.59. The molecular formula is C26H27N5O5S. The maximum atomic E-state index is 13.0. The Hall–Kier alpha value is -4.12.